The molecule has 0 saturated heterocycles. The number of rotatable bonds is 4. The Morgan fingerprint density at radius 1 is 1.09 bits per heavy atom. The molecular formula is C21H26N2. The van der Waals surface area contributed by atoms with Crippen LogP contribution >= 0.6 is 0 Å². The Kier molecular flexibility index (Phi) is 5.05. The van der Waals surface area contributed by atoms with Gasteiger partial charge in [0.25, 0.3) is 0 Å². The third kappa shape index (κ3) is 4.82. The zero-order valence-corrected chi connectivity index (χ0v) is 14.8. The van der Waals surface area contributed by atoms with Crippen LogP contribution in [-0.4, -0.2) is 4.98 Å². The van der Waals surface area contributed by atoms with Crippen LogP contribution in [0.2, 0.25) is 0 Å². The van der Waals surface area contributed by atoms with Crippen LogP contribution in [0.5, 0.6) is 0 Å². The van der Waals surface area contributed by atoms with Gasteiger partial charge in [0.05, 0.1) is 11.4 Å². The number of aromatic nitrogens is 1. The Morgan fingerprint density at radius 2 is 1.70 bits per heavy atom. The van der Waals surface area contributed by atoms with E-state index in [4.69, 9.17) is 0 Å². The maximum Gasteiger partial charge on any atom is 0.0607 e. The van der Waals surface area contributed by atoms with Gasteiger partial charge in [0.2, 0.25) is 0 Å². The molecule has 0 aliphatic heterocycles. The molecule has 1 aromatic carbocycles. The van der Waals surface area contributed by atoms with E-state index >= 15 is 0 Å². The Balaban J connectivity index is 2.15. The van der Waals surface area contributed by atoms with Crippen molar-refractivity contribution in [3.63, 3.8) is 0 Å². The Labute approximate surface area is 140 Å². The molecule has 1 N–H and O–H groups in total. The molecule has 2 heteroatoms. The highest BCUT2D eigenvalue weighted by molar-refractivity contribution is 5.77. The summed E-state index contributed by atoms with van der Waals surface area (Å²) in [5.41, 5.74) is 6.65. The summed E-state index contributed by atoms with van der Waals surface area (Å²) in [4.78, 5) is 4.29. The highest BCUT2D eigenvalue weighted by Gasteiger charge is 2.08. The van der Waals surface area contributed by atoms with E-state index in [1.165, 1.54) is 11.1 Å². The molecule has 0 atom stereocenters. The number of hydrogen-bond donors (Lipinski definition) is 1. The molecule has 2 aromatic rings. The molecule has 0 fully saturated rings. The van der Waals surface area contributed by atoms with Gasteiger partial charge in [0.15, 0.2) is 0 Å². The molecule has 1 heterocycles. The minimum Gasteiger partial charge on any atom is -0.354 e. The van der Waals surface area contributed by atoms with E-state index in [-0.39, 0.29) is 5.41 Å². The molecule has 0 bridgehead atoms. The van der Waals surface area contributed by atoms with Crippen LogP contribution in [0.1, 0.15) is 44.5 Å². The summed E-state index contributed by atoms with van der Waals surface area (Å²) in [5, 5.41) is 3.34. The number of allylic oxidation sites excluding steroid dienone is 2. The number of hydrogen-bond acceptors (Lipinski definition) is 2. The van der Waals surface area contributed by atoms with Crippen LogP contribution in [0, 0.1) is 12.3 Å². The number of nitrogens with one attached hydrogen (secondary N) is 1. The third-order valence-electron chi connectivity index (χ3n) is 3.63. The van der Waals surface area contributed by atoms with Crippen molar-refractivity contribution in [3.05, 3.63) is 72.1 Å². The van der Waals surface area contributed by atoms with Gasteiger partial charge in [0, 0.05) is 11.9 Å². The molecule has 23 heavy (non-hydrogen) atoms. The predicted octanol–water partition coefficient (Wildman–Crippen LogP) is 5.92. The molecule has 120 valence electrons. The van der Waals surface area contributed by atoms with Gasteiger partial charge < -0.3 is 5.32 Å². The summed E-state index contributed by atoms with van der Waals surface area (Å²) in [6, 6.07) is 12.4. The van der Waals surface area contributed by atoms with Crippen molar-refractivity contribution in [3.8, 4) is 0 Å². The van der Waals surface area contributed by atoms with Gasteiger partial charge in [-0.3, -0.25) is 4.98 Å². The van der Waals surface area contributed by atoms with Crippen molar-refractivity contribution in [2.75, 3.05) is 5.32 Å². The van der Waals surface area contributed by atoms with E-state index in [9.17, 15) is 0 Å². The molecule has 0 aliphatic carbocycles. The smallest absolute Gasteiger partial charge is 0.0607 e. The van der Waals surface area contributed by atoms with Gasteiger partial charge >= 0.3 is 0 Å². The maximum atomic E-state index is 4.29. The number of nitrogens with zero attached hydrogens (tertiary/aromatic N) is 1. The normalized spacial score (nSPS) is 12.1. The Morgan fingerprint density at radius 3 is 2.26 bits per heavy atom. The van der Waals surface area contributed by atoms with Gasteiger partial charge in [-0.05, 0) is 48.1 Å². The summed E-state index contributed by atoms with van der Waals surface area (Å²) in [6.45, 7) is 14.9. The summed E-state index contributed by atoms with van der Waals surface area (Å²) in [5.74, 6) is 0. The second-order valence-electron chi connectivity index (χ2n) is 7.01. The van der Waals surface area contributed by atoms with Crippen LogP contribution in [0.25, 0.3) is 11.3 Å². The second-order valence-corrected chi connectivity index (χ2v) is 7.01. The average Bonchev–Trinajstić information content (AvgIpc) is 2.48. The molecule has 1 aromatic heterocycles. The molecule has 0 spiro atoms. The highest BCUT2D eigenvalue weighted by atomic mass is 14.9. The first kappa shape index (κ1) is 17.0. The standard InChI is InChI=1S/C21H26N2/c1-15(14-21(4,5)6)18-9-11-19(12-10-18)16(2)23-20-8-7-13-22-17(20)3/h7-14,23H,2H2,1,3-6H3/b15-14+. The van der Waals surface area contributed by atoms with Crippen LogP contribution < -0.4 is 5.32 Å². The number of aryl methyl sites for hydroxylation is 1. The van der Waals surface area contributed by atoms with Gasteiger partial charge in [-0.2, -0.15) is 0 Å². The molecular weight excluding hydrogens is 280 g/mol. The second kappa shape index (κ2) is 6.82. The van der Waals surface area contributed by atoms with Gasteiger partial charge in [-0.1, -0.05) is 57.7 Å². The highest BCUT2D eigenvalue weighted by Crippen LogP contribution is 2.25. The largest absolute Gasteiger partial charge is 0.354 e. The zero-order chi connectivity index (χ0) is 17.0. The Hall–Kier alpha value is -2.35. The van der Waals surface area contributed by atoms with Crippen molar-refractivity contribution in [1.82, 2.24) is 4.98 Å². The molecule has 0 radical (unpaired) electrons. The SMILES string of the molecule is C=C(Nc1cccnc1C)c1ccc(/C(C)=C/C(C)(C)C)cc1. The van der Waals surface area contributed by atoms with E-state index in [0.29, 0.717) is 0 Å². The van der Waals surface area contributed by atoms with Crippen LogP contribution in [0.3, 0.4) is 0 Å². The number of pyridine rings is 1. The summed E-state index contributed by atoms with van der Waals surface area (Å²) < 4.78 is 0. The van der Waals surface area contributed by atoms with E-state index in [1.807, 2.05) is 19.1 Å². The molecule has 0 saturated carbocycles. The first-order chi connectivity index (χ1) is 10.8. The van der Waals surface area contributed by atoms with Crippen LogP contribution in [0.15, 0.2) is 55.3 Å². The van der Waals surface area contributed by atoms with Crippen molar-refractivity contribution >= 4 is 17.0 Å². The third-order valence-corrected chi connectivity index (χ3v) is 3.63. The maximum absolute atomic E-state index is 4.29. The minimum atomic E-state index is 0.186. The molecule has 0 unspecified atom stereocenters. The molecule has 2 nitrogen and oxygen atoms in total. The lowest BCUT2D eigenvalue weighted by Crippen LogP contribution is -2.01. The van der Waals surface area contributed by atoms with Gasteiger partial charge in [-0.15, -0.1) is 0 Å². The van der Waals surface area contributed by atoms with Crippen molar-refractivity contribution in [2.24, 2.45) is 5.41 Å². The Bertz CT molecular complexity index is 716. The van der Waals surface area contributed by atoms with Crippen molar-refractivity contribution in [2.45, 2.75) is 34.6 Å². The monoisotopic (exact) mass is 306 g/mol. The van der Waals surface area contributed by atoms with E-state index in [2.05, 4.69) is 74.9 Å². The molecule has 0 amide bonds. The van der Waals surface area contributed by atoms with E-state index in [1.54, 1.807) is 6.20 Å². The fourth-order valence-electron chi connectivity index (χ4n) is 2.52. The quantitative estimate of drug-likeness (QED) is 0.758. The summed E-state index contributed by atoms with van der Waals surface area (Å²) in [7, 11) is 0. The van der Waals surface area contributed by atoms with E-state index in [0.717, 1.165) is 22.6 Å². The average molecular weight is 306 g/mol. The predicted molar refractivity (Wildman–Crippen MR) is 101 cm³/mol. The van der Waals surface area contributed by atoms with E-state index < -0.39 is 0 Å². The zero-order valence-electron chi connectivity index (χ0n) is 14.8. The van der Waals surface area contributed by atoms with Gasteiger partial charge in [-0.25, -0.2) is 0 Å². The van der Waals surface area contributed by atoms with Crippen LogP contribution in [0.4, 0.5) is 5.69 Å². The lowest BCUT2D eigenvalue weighted by atomic mass is 9.91. The first-order valence-corrected chi connectivity index (χ1v) is 7.94. The van der Waals surface area contributed by atoms with Crippen LogP contribution in [-0.2, 0) is 0 Å². The number of benzene rings is 1. The molecule has 0 aliphatic rings. The molecule has 2 rings (SSSR count). The summed E-state index contributed by atoms with van der Waals surface area (Å²) >= 11 is 0. The lowest BCUT2D eigenvalue weighted by molar-refractivity contribution is 0.545. The fraction of sp³-hybridized carbons (Fsp3) is 0.286. The topological polar surface area (TPSA) is 24.9 Å². The van der Waals surface area contributed by atoms with Crippen molar-refractivity contribution in [1.29, 1.82) is 0 Å². The van der Waals surface area contributed by atoms with Gasteiger partial charge in [0.1, 0.15) is 0 Å². The number of anilines is 1. The first-order valence-electron chi connectivity index (χ1n) is 7.94. The lowest BCUT2D eigenvalue weighted by Gasteiger charge is -2.15. The van der Waals surface area contributed by atoms with Crippen molar-refractivity contribution < 1.29 is 0 Å². The summed E-state index contributed by atoms with van der Waals surface area (Å²) in [6.07, 6.45) is 4.09. The minimum absolute atomic E-state index is 0.186. The fourth-order valence-corrected chi connectivity index (χ4v) is 2.52.